The molecule has 0 radical (unpaired) electrons. The maximum atomic E-state index is 9.33. The maximum absolute atomic E-state index is 9.33. The Morgan fingerprint density at radius 2 is 2.12 bits per heavy atom. The highest BCUT2D eigenvalue weighted by atomic mass is 16.5. The zero-order chi connectivity index (χ0) is 17.9. The van der Waals surface area contributed by atoms with E-state index in [4.69, 9.17) is 4.74 Å². The molecule has 0 saturated carbocycles. The van der Waals surface area contributed by atoms with Crippen LogP contribution in [0.4, 0.5) is 0 Å². The number of unbranched alkanes of at least 4 members (excludes halogenated alkanes) is 1. The summed E-state index contributed by atoms with van der Waals surface area (Å²) >= 11 is 0. The van der Waals surface area contributed by atoms with Crippen LogP contribution in [0.5, 0.6) is 0 Å². The quantitative estimate of drug-likeness (QED) is 0.765. The van der Waals surface area contributed by atoms with E-state index >= 15 is 0 Å². The average molecular weight is 344 g/mol. The van der Waals surface area contributed by atoms with Crippen LogP contribution in [0.1, 0.15) is 50.8 Å². The number of fused-ring (bicyclic) bond motifs is 3. The third-order valence-corrected chi connectivity index (χ3v) is 5.42. The minimum absolute atomic E-state index is 0.192. The number of hydrogen-bond acceptors (Lipinski definition) is 3. The Bertz CT molecular complexity index is 696. The van der Waals surface area contributed by atoms with Crippen LogP contribution in [0.2, 0.25) is 0 Å². The number of rotatable bonds is 8. The second-order valence-electron chi connectivity index (χ2n) is 7.64. The van der Waals surface area contributed by atoms with Gasteiger partial charge in [-0.1, -0.05) is 31.5 Å². The Morgan fingerprint density at radius 3 is 2.88 bits per heavy atom. The van der Waals surface area contributed by atoms with Crippen LogP contribution in [0.15, 0.2) is 24.3 Å². The van der Waals surface area contributed by atoms with Crippen molar-refractivity contribution in [3.8, 4) is 0 Å². The molecule has 2 unspecified atom stereocenters. The van der Waals surface area contributed by atoms with Crippen molar-refractivity contribution in [2.75, 3.05) is 26.7 Å². The molecule has 0 spiro atoms. The van der Waals surface area contributed by atoms with E-state index in [0.29, 0.717) is 0 Å². The van der Waals surface area contributed by atoms with E-state index in [2.05, 4.69) is 55.0 Å². The lowest BCUT2D eigenvalue weighted by molar-refractivity contribution is -0.115. The summed E-state index contributed by atoms with van der Waals surface area (Å²) in [5, 5.41) is 10.7. The Labute approximate surface area is 151 Å². The molecule has 138 valence electrons. The van der Waals surface area contributed by atoms with E-state index in [0.717, 1.165) is 32.4 Å². The zero-order valence-corrected chi connectivity index (χ0v) is 15.8. The summed E-state index contributed by atoms with van der Waals surface area (Å²) in [5.41, 5.74) is 3.43. The van der Waals surface area contributed by atoms with Crippen molar-refractivity contribution in [2.45, 2.75) is 57.7 Å². The summed E-state index contributed by atoms with van der Waals surface area (Å²) in [4.78, 5) is 5.99. The number of para-hydroxylation sites is 1. The standard InChI is InChI=1S/C21H32N2O2/c1-4-5-12-23(3)15-16-14-18-17-9-6-7-10-19(17)22-20(18)21(2,25-16)11-8-13-24/h6-7,9-10,16,22,24H,4-5,8,11-15H2,1-3H3. The summed E-state index contributed by atoms with van der Waals surface area (Å²) in [6.45, 7) is 6.68. The van der Waals surface area contributed by atoms with Gasteiger partial charge in [-0.2, -0.15) is 0 Å². The topological polar surface area (TPSA) is 48.5 Å². The fraction of sp³-hybridized carbons (Fsp3) is 0.619. The van der Waals surface area contributed by atoms with E-state index < -0.39 is 0 Å². The van der Waals surface area contributed by atoms with E-state index in [1.54, 1.807) is 0 Å². The Morgan fingerprint density at radius 1 is 1.32 bits per heavy atom. The van der Waals surface area contributed by atoms with Gasteiger partial charge in [0.2, 0.25) is 0 Å². The van der Waals surface area contributed by atoms with Crippen LogP contribution in [0.3, 0.4) is 0 Å². The van der Waals surface area contributed by atoms with Gasteiger partial charge in [0.05, 0.1) is 11.8 Å². The predicted molar refractivity (Wildman–Crippen MR) is 103 cm³/mol. The summed E-state index contributed by atoms with van der Waals surface area (Å²) < 4.78 is 6.60. The summed E-state index contributed by atoms with van der Waals surface area (Å²) in [6, 6.07) is 8.54. The van der Waals surface area contributed by atoms with Gasteiger partial charge in [-0.15, -0.1) is 0 Å². The van der Waals surface area contributed by atoms with Gasteiger partial charge < -0.3 is 19.7 Å². The summed E-state index contributed by atoms with van der Waals surface area (Å²) in [7, 11) is 2.19. The number of ether oxygens (including phenoxy) is 1. The lowest BCUT2D eigenvalue weighted by Crippen LogP contribution is -2.43. The number of aromatic nitrogens is 1. The molecule has 25 heavy (non-hydrogen) atoms. The average Bonchev–Trinajstić information content (AvgIpc) is 2.98. The first-order valence-electron chi connectivity index (χ1n) is 9.64. The van der Waals surface area contributed by atoms with Crippen molar-refractivity contribution in [2.24, 2.45) is 0 Å². The third-order valence-electron chi connectivity index (χ3n) is 5.42. The fourth-order valence-electron chi connectivity index (χ4n) is 4.13. The Kier molecular flexibility index (Phi) is 5.82. The first-order valence-corrected chi connectivity index (χ1v) is 9.64. The van der Waals surface area contributed by atoms with Gasteiger partial charge >= 0.3 is 0 Å². The summed E-state index contributed by atoms with van der Waals surface area (Å²) in [6.07, 6.45) is 5.17. The molecule has 2 heterocycles. The molecular formula is C21H32N2O2. The molecular weight excluding hydrogens is 312 g/mol. The third kappa shape index (κ3) is 3.91. The van der Waals surface area contributed by atoms with Crippen molar-refractivity contribution in [1.82, 2.24) is 9.88 Å². The second kappa shape index (κ2) is 7.90. The smallest absolute Gasteiger partial charge is 0.106 e. The van der Waals surface area contributed by atoms with Crippen molar-refractivity contribution in [1.29, 1.82) is 0 Å². The van der Waals surface area contributed by atoms with Crippen molar-refractivity contribution >= 4 is 10.9 Å². The van der Waals surface area contributed by atoms with Crippen LogP contribution < -0.4 is 0 Å². The van der Waals surface area contributed by atoms with Crippen LogP contribution >= 0.6 is 0 Å². The molecule has 0 amide bonds. The highest BCUT2D eigenvalue weighted by Gasteiger charge is 2.39. The maximum Gasteiger partial charge on any atom is 0.106 e. The van der Waals surface area contributed by atoms with Crippen LogP contribution in [0.25, 0.3) is 10.9 Å². The van der Waals surface area contributed by atoms with E-state index in [1.165, 1.54) is 35.0 Å². The minimum Gasteiger partial charge on any atom is -0.396 e. The number of aliphatic hydroxyl groups excluding tert-OH is 1. The Hall–Kier alpha value is -1.36. The summed E-state index contributed by atoms with van der Waals surface area (Å²) in [5.74, 6) is 0. The molecule has 0 bridgehead atoms. The Balaban J connectivity index is 1.89. The van der Waals surface area contributed by atoms with Crippen molar-refractivity contribution in [3.63, 3.8) is 0 Å². The molecule has 4 nitrogen and oxygen atoms in total. The lowest BCUT2D eigenvalue weighted by atomic mass is 9.87. The number of H-pyrrole nitrogens is 1. The number of aliphatic hydroxyl groups is 1. The van der Waals surface area contributed by atoms with E-state index in [1.807, 2.05) is 0 Å². The van der Waals surface area contributed by atoms with Gasteiger partial charge in [-0.05, 0) is 51.4 Å². The zero-order valence-electron chi connectivity index (χ0n) is 15.8. The highest BCUT2D eigenvalue weighted by molar-refractivity contribution is 5.85. The van der Waals surface area contributed by atoms with E-state index in [-0.39, 0.29) is 18.3 Å². The van der Waals surface area contributed by atoms with Gasteiger partial charge in [0.15, 0.2) is 0 Å². The van der Waals surface area contributed by atoms with Gasteiger partial charge in [-0.25, -0.2) is 0 Å². The SMILES string of the molecule is CCCCN(C)CC1Cc2c([nH]c3ccccc23)C(C)(CCCO)O1. The van der Waals surface area contributed by atoms with Gasteiger partial charge in [-0.3, -0.25) is 0 Å². The van der Waals surface area contributed by atoms with Gasteiger partial charge in [0.1, 0.15) is 5.60 Å². The first-order chi connectivity index (χ1) is 12.1. The number of hydrogen-bond donors (Lipinski definition) is 2. The number of likely N-dealkylation sites (N-methyl/N-ethyl adjacent to an activating group) is 1. The highest BCUT2D eigenvalue weighted by Crippen LogP contribution is 2.41. The van der Waals surface area contributed by atoms with Gasteiger partial charge in [0, 0.05) is 30.5 Å². The second-order valence-corrected chi connectivity index (χ2v) is 7.64. The molecule has 4 heteroatoms. The molecule has 1 aliphatic heterocycles. The molecule has 2 N–H and O–H groups in total. The normalized spacial score (nSPS) is 23.3. The molecule has 3 rings (SSSR count). The monoisotopic (exact) mass is 344 g/mol. The molecule has 1 aliphatic rings. The molecule has 0 fully saturated rings. The van der Waals surface area contributed by atoms with E-state index in [9.17, 15) is 5.11 Å². The molecule has 1 aromatic heterocycles. The predicted octanol–water partition coefficient (Wildman–Crippen LogP) is 3.83. The number of aromatic amines is 1. The number of benzene rings is 1. The largest absolute Gasteiger partial charge is 0.396 e. The fourth-order valence-corrected chi connectivity index (χ4v) is 4.13. The number of nitrogens with one attached hydrogen (secondary N) is 1. The molecule has 0 aliphatic carbocycles. The van der Waals surface area contributed by atoms with Gasteiger partial charge in [0.25, 0.3) is 0 Å². The molecule has 2 atom stereocenters. The van der Waals surface area contributed by atoms with Crippen LogP contribution in [0, 0.1) is 0 Å². The van der Waals surface area contributed by atoms with Crippen molar-refractivity contribution in [3.05, 3.63) is 35.5 Å². The van der Waals surface area contributed by atoms with Crippen molar-refractivity contribution < 1.29 is 9.84 Å². The minimum atomic E-state index is -0.356. The number of nitrogens with zero attached hydrogens (tertiary/aromatic N) is 1. The lowest BCUT2D eigenvalue weighted by Gasteiger charge is -2.40. The van der Waals surface area contributed by atoms with Crippen LogP contribution in [-0.4, -0.2) is 47.8 Å². The first kappa shape index (κ1) is 18.4. The molecule has 2 aromatic rings. The van der Waals surface area contributed by atoms with Crippen LogP contribution in [-0.2, 0) is 16.8 Å². The molecule has 1 aromatic carbocycles. The molecule has 0 saturated heterocycles.